The Kier molecular flexibility index (Phi) is 6.33. The molecule has 0 aliphatic carbocycles. The largest absolute Gasteiger partial charge is 0.353 e. The highest BCUT2D eigenvalue weighted by atomic mass is 32.1. The molecule has 1 aliphatic heterocycles. The fraction of sp³-hybridized carbons (Fsp3) is 0.381. The Morgan fingerprint density at radius 2 is 1.83 bits per heavy atom. The summed E-state index contributed by atoms with van der Waals surface area (Å²) in [6, 6.07) is 12.4. The van der Waals surface area contributed by atoms with E-state index in [1.54, 1.807) is 6.20 Å². The van der Waals surface area contributed by atoms with Gasteiger partial charge < -0.3 is 5.32 Å². The first-order valence-electron chi connectivity index (χ1n) is 9.88. The Bertz CT molecular complexity index is 1010. The molecule has 29 heavy (non-hydrogen) atoms. The minimum atomic E-state index is -0.206. The molecule has 0 bridgehead atoms. The molecule has 3 aromatic rings. The van der Waals surface area contributed by atoms with Gasteiger partial charge in [0, 0.05) is 51.2 Å². The summed E-state index contributed by atoms with van der Waals surface area (Å²) in [5, 5.41) is 9.68. The number of hydrogen-bond donors (Lipinski definition) is 1. The van der Waals surface area contributed by atoms with E-state index in [4.69, 9.17) is 0 Å². The Morgan fingerprint density at radius 1 is 1.07 bits per heavy atom. The van der Waals surface area contributed by atoms with Crippen molar-refractivity contribution in [2.24, 2.45) is 0 Å². The molecule has 8 heteroatoms. The predicted octanol–water partition coefficient (Wildman–Crippen LogP) is 1.39. The number of carbonyl (C=O) groups is 1. The zero-order valence-corrected chi connectivity index (χ0v) is 17.1. The van der Waals surface area contributed by atoms with Crippen LogP contribution in [0.5, 0.6) is 0 Å². The van der Waals surface area contributed by atoms with Crippen LogP contribution in [0.4, 0.5) is 0 Å². The third kappa shape index (κ3) is 5.09. The Hall–Kier alpha value is -2.55. The molecule has 2 aromatic heterocycles. The van der Waals surface area contributed by atoms with Crippen LogP contribution in [0, 0.1) is 0 Å². The maximum atomic E-state index is 12.3. The monoisotopic (exact) mass is 411 g/mol. The van der Waals surface area contributed by atoms with Crippen LogP contribution in [-0.2, 0) is 17.9 Å². The lowest BCUT2D eigenvalue weighted by molar-refractivity contribution is -0.122. The van der Waals surface area contributed by atoms with Gasteiger partial charge in [0.25, 0.3) is 5.56 Å². The van der Waals surface area contributed by atoms with Crippen molar-refractivity contribution in [2.75, 3.05) is 39.3 Å². The Labute approximate surface area is 173 Å². The number of rotatable bonds is 7. The van der Waals surface area contributed by atoms with Crippen molar-refractivity contribution in [2.45, 2.75) is 13.1 Å². The van der Waals surface area contributed by atoms with Crippen molar-refractivity contribution in [1.82, 2.24) is 24.9 Å². The second-order valence-corrected chi connectivity index (χ2v) is 8.18. The summed E-state index contributed by atoms with van der Waals surface area (Å²) in [6.45, 7) is 6.40. The third-order valence-corrected chi connectivity index (χ3v) is 6.14. The van der Waals surface area contributed by atoms with Gasteiger partial charge in [-0.2, -0.15) is 5.10 Å². The summed E-state index contributed by atoms with van der Waals surface area (Å²) in [5.74, 6) is -0.182. The summed E-state index contributed by atoms with van der Waals surface area (Å²) in [6.07, 6.45) is 1.63. The summed E-state index contributed by atoms with van der Waals surface area (Å²) in [5.41, 5.74) is 1.14. The Balaban J connectivity index is 1.18. The summed E-state index contributed by atoms with van der Waals surface area (Å²) < 4.78 is 1.87. The number of benzene rings is 1. The lowest BCUT2D eigenvalue weighted by atomic mass is 10.2. The van der Waals surface area contributed by atoms with Crippen LogP contribution in [0.15, 0.2) is 52.8 Å². The van der Waals surface area contributed by atoms with Gasteiger partial charge >= 0.3 is 0 Å². The van der Waals surface area contributed by atoms with Crippen LogP contribution < -0.4 is 10.9 Å². The molecule has 1 fully saturated rings. The van der Waals surface area contributed by atoms with Crippen LogP contribution in [0.2, 0.25) is 0 Å². The topological polar surface area (TPSA) is 70.5 Å². The second kappa shape index (κ2) is 9.30. The van der Waals surface area contributed by atoms with E-state index in [2.05, 4.69) is 44.5 Å². The first kappa shape index (κ1) is 19.8. The molecule has 7 nitrogen and oxygen atoms in total. The van der Waals surface area contributed by atoms with Gasteiger partial charge in [-0.3, -0.25) is 19.4 Å². The smallest absolute Gasteiger partial charge is 0.285 e. The SMILES string of the molecule is O=C(Cn1ncc2ccsc2c1=O)NCCN1CCN(Cc2ccccc2)CC1. The molecule has 0 unspecified atom stereocenters. The van der Waals surface area contributed by atoms with Crippen molar-refractivity contribution in [1.29, 1.82) is 0 Å². The van der Waals surface area contributed by atoms with Crippen LogP contribution in [-0.4, -0.2) is 64.8 Å². The summed E-state index contributed by atoms with van der Waals surface area (Å²) in [7, 11) is 0. The third-order valence-electron chi connectivity index (χ3n) is 5.22. The lowest BCUT2D eigenvalue weighted by Gasteiger charge is -2.34. The van der Waals surface area contributed by atoms with Gasteiger partial charge in [-0.1, -0.05) is 30.3 Å². The Morgan fingerprint density at radius 3 is 2.62 bits per heavy atom. The first-order valence-corrected chi connectivity index (χ1v) is 10.8. The highest BCUT2D eigenvalue weighted by molar-refractivity contribution is 7.17. The average Bonchev–Trinajstić information content (AvgIpc) is 3.22. The maximum absolute atomic E-state index is 12.3. The standard InChI is InChI=1S/C21H25N5O2S/c27-19(16-26-21(28)20-18(14-23-26)6-13-29-20)22-7-8-24-9-11-25(12-10-24)15-17-4-2-1-3-5-17/h1-6,13-14H,7-12,15-16H2,(H,22,27). The predicted molar refractivity (Wildman–Crippen MR) is 115 cm³/mol. The fourth-order valence-corrected chi connectivity index (χ4v) is 4.38. The highest BCUT2D eigenvalue weighted by Gasteiger charge is 2.17. The van der Waals surface area contributed by atoms with Gasteiger partial charge in [-0.25, -0.2) is 4.68 Å². The van der Waals surface area contributed by atoms with Gasteiger partial charge in [0.2, 0.25) is 5.91 Å². The van der Waals surface area contributed by atoms with Gasteiger partial charge in [0.15, 0.2) is 0 Å². The first-order chi connectivity index (χ1) is 14.2. The van der Waals surface area contributed by atoms with E-state index >= 15 is 0 Å². The van der Waals surface area contributed by atoms with Crippen LogP contribution in [0.3, 0.4) is 0 Å². The van der Waals surface area contributed by atoms with Crippen molar-refractivity contribution in [3.05, 3.63) is 63.9 Å². The number of nitrogens with one attached hydrogen (secondary N) is 1. The molecule has 0 radical (unpaired) electrons. The number of nitrogens with zero attached hydrogens (tertiary/aromatic N) is 4. The van der Waals surface area contributed by atoms with Crippen LogP contribution in [0.25, 0.3) is 10.1 Å². The number of aromatic nitrogens is 2. The van der Waals surface area contributed by atoms with Crippen molar-refractivity contribution < 1.29 is 4.79 Å². The van der Waals surface area contributed by atoms with Crippen LogP contribution in [0.1, 0.15) is 5.56 Å². The van der Waals surface area contributed by atoms with Crippen molar-refractivity contribution in [3.63, 3.8) is 0 Å². The van der Waals surface area contributed by atoms with E-state index in [1.807, 2.05) is 17.5 Å². The fourth-order valence-electron chi connectivity index (χ4n) is 3.57. The van der Waals surface area contributed by atoms with E-state index in [0.29, 0.717) is 11.2 Å². The molecule has 0 spiro atoms. The van der Waals surface area contributed by atoms with Gasteiger partial charge in [-0.15, -0.1) is 11.3 Å². The number of carbonyl (C=O) groups excluding carboxylic acids is 1. The minimum Gasteiger partial charge on any atom is -0.353 e. The zero-order valence-electron chi connectivity index (χ0n) is 16.3. The molecular formula is C21H25N5O2S. The van der Waals surface area contributed by atoms with E-state index in [9.17, 15) is 9.59 Å². The van der Waals surface area contributed by atoms with E-state index in [0.717, 1.165) is 44.7 Å². The number of hydrogen-bond acceptors (Lipinski definition) is 6. The molecule has 1 aromatic carbocycles. The second-order valence-electron chi connectivity index (χ2n) is 7.27. The average molecular weight is 412 g/mol. The summed E-state index contributed by atoms with van der Waals surface area (Å²) in [4.78, 5) is 29.4. The van der Waals surface area contributed by atoms with Crippen molar-refractivity contribution >= 4 is 27.3 Å². The molecule has 1 N–H and O–H groups in total. The van der Waals surface area contributed by atoms with Gasteiger partial charge in [0.05, 0.1) is 6.20 Å². The quantitative estimate of drug-likeness (QED) is 0.636. The molecule has 1 aliphatic rings. The number of piperazine rings is 1. The molecule has 0 atom stereocenters. The van der Waals surface area contributed by atoms with E-state index in [1.165, 1.54) is 21.6 Å². The molecular weight excluding hydrogens is 386 g/mol. The van der Waals surface area contributed by atoms with Crippen molar-refractivity contribution in [3.8, 4) is 0 Å². The van der Waals surface area contributed by atoms with Crippen LogP contribution >= 0.6 is 11.3 Å². The molecule has 3 heterocycles. The van der Waals surface area contributed by atoms with E-state index in [-0.39, 0.29) is 18.0 Å². The molecule has 1 amide bonds. The normalized spacial score (nSPS) is 15.6. The number of thiophene rings is 1. The lowest BCUT2D eigenvalue weighted by Crippen LogP contribution is -2.48. The maximum Gasteiger partial charge on any atom is 0.285 e. The van der Waals surface area contributed by atoms with E-state index < -0.39 is 0 Å². The molecule has 1 saturated heterocycles. The zero-order chi connectivity index (χ0) is 20.1. The highest BCUT2D eigenvalue weighted by Crippen LogP contribution is 2.14. The minimum absolute atomic E-state index is 0.0441. The number of amides is 1. The molecule has 152 valence electrons. The van der Waals surface area contributed by atoms with Gasteiger partial charge in [0.1, 0.15) is 11.2 Å². The molecule has 0 saturated carbocycles. The number of fused-ring (bicyclic) bond motifs is 1. The molecule has 4 rings (SSSR count). The summed E-state index contributed by atoms with van der Waals surface area (Å²) >= 11 is 1.38. The van der Waals surface area contributed by atoms with Gasteiger partial charge in [-0.05, 0) is 17.0 Å².